The van der Waals surface area contributed by atoms with Crippen molar-refractivity contribution in [2.24, 2.45) is 5.92 Å². The first-order valence-corrected chi connectivity index (χ1v) is 8.11. The molecule has 7 nitrogen and oxygen atoms in total. The van der Waals surface area contributed by atoms with Crippen LogP contribution in [0.2, 0.25) is 0 Å². The van der Waals surface area contributed by atoms with E-state index in [1.807, 2.05) is 21.8 Å². The highest BCUT2D eigenvalue weighted by Crippen LogP contribution is 2.25. The third kappa shape index (κ3) is 3.38. The quantitative estimate of drug-likeness (QED) is 0.938. The fraction of sp³-hybridized carbons (Fsp3) is 0.500. The fourth-order valence-electron chi connectivity index (χ4n) is 2.64. The van der Waals surface area contributed by atoms with Crippen LogP contribution in [0.3, 0.4) is 0 Å². The van der Waals surface area contributed by atoms with Crippen LogP contribution in [0.1, 0.15) is 12.8 Å². The summed E-state index contributed by atoms with van der Waals surface area (Å²) in [6.07, 6.45) is 5.76. The molecule has 3 rings (SSSR count). The Hall–Kier alpha value is -2.09. The molecule has 0 atom stereocenters. The van der Waals surface area contributed by atoms with Crippen molar-refractivity contribution in [1.82, 2.24) is 19.1 Å². The summed E-state index contributed by atoms with van der Waals surface area (Å²) in [5.74, 6) is 1.04. The highest BCUT2D eigenvalue weighted by molar-refractivity contribution is 7.04. The van der Waals surface area contributed by atoms with Gasteiger partial charge in [0.15, 0.2) is 0 Å². The zero-order valence-corrected chi connectivity index (χ0v) is 13.3. The minimum absolute atomic E-state index is 0.0870. The maximum atomic E-state index is 12.3. The van der Waals surface area contributed by atoms with Crippen LogP contribution in [-0.2, 0) is 6.54 Å². The highest BCUT2D eigenvalue weighted by atomic mass is 32.1. The molecule has 0 aliphatic carbocycles. The lowest BCUT2D eigenvalue weighted by molar-refractivity contribution is 0.175. The number of likely N-dealkylation sites (tertiary alicyclic amines) is 1. The molecular weight excluding hydrogens is 302 g/mol. The molecule has 0 unspecified atom stereocenters. The Labute approximate surface area is 133 Å². The summed E-state index contributed by atoms with van der Waals surface area (Å²) in [4.78, 5) is 14.1. The zero-order chi connectivity index (χ0) is 15.4. The van der Waals surface area contributed by atoms with Crippen LogP contribution in [0.25, 0.3) is 0 Å². The number of methoxy groups -OCH3 is 1. The Morgan fingerprint density at radius 1 is 1.50 bits per heavy atom. The van der Waals surface area contributed by atoms with Gasteiger partial charge in [-0.3, -0.25) is 4.68 Å². The normalized spacial score (nSPS) is 15.8. The summed E-state index contributed by atoms with van der Waals surface area (Å²) in [6.45, 7) is 2.44. The molecule has 2 aromatic heterocycles. The number of amides is 2. The molecule has 1 aliphatic heterocycles. The van der Waals surface area contributed by atoms with Crippen molar-refractivity contribution in [2.45, 2.75) is 19.4 Å². The maximum absolute atomic E-state index is 12.3. The average Bonchev–Trinajstić information content (AvgIpc) is 3.19. The molecular formula is C14H19N5O2S. The second-order valence-electron chi connectivity index (χ2n) is 5.33. The van der Waals surface area contributed by atoms with Crippen LogP contribution in [0.4, 0.5) is 10.5 Å². The van der Waals surface area contributed by atoms with E-state index in [4.69, 9.17) is 4.74 Å². The van der Waals surface area contributed by atoms with Crippen LogP contribution in [0.15, 0.2) is 23.8 Å². The number of carbonyl (C=O) groups excluding carboxylic acids is 1. The van der Waals surface area contributed by atoms with E-state index in [1.54, 1.807) is 18.7 Å². The fourth-order valence-corrected chi connectivity index (χ4v) is 3.23. The first-order valence-electron chi connectivity index (χ1n) is 7.28. The van der Waals surface area contributed by atoms with Gasteiger partial charge in [0.1, 0.15) is 5.69 Å². The van der Waals surface area contributed by atoms with Crippen molar-refractivity contribution >= 4 is 23.3 Å². The zero-order valence-electron chi connectivity index (χ0n) is 12.4. The molecule has 2 aromatic rings. The molecule has 1 saturated heterocycles. The molecule has 3 heterocycles. The Kier molecular flexibility index (Phi) is 4.57. The number of urea groups is 1. The molecule has 0 spiro atoms. The van der Waals surface area contributed by atoms with Gasteiger partial charge >= 0.3 is 6.03 Å². The number of piperidine rings is 1. The van der Waals surface area contributed by atoms with Crippen LogP contribution >= 0.6 is 11.5 Å². The second-order valence-corrected chi connectivity index (χ2v) is 5.96. The van der Waals surface area contributed by atoms with Gasteiger partial charge in [0, 0.05) is 37.4 Å². The summed E-state index contributed by atoms with van der Waals surface area (Å²) < 4.78 is 11.1. The monoisotopic (exact) mass is 321 g/mol. The molecule has 0 radical (unpaired) electrons. The first-order chi connectivity index (χ1) is 10.8. The van der Waals surface area contributed by atoms with E-state index in [0.717, 1.165) is 32.5 Å². The number of ether oxygens (including phenoxy) is 1. The predicted octanol–water partition coefficient (Wildman–Crippen LogP) is 2.29. The van der Waals surface area contributed by atoms with E-state index in [1.165, 1.54) is 11.5 Å². The summed E-state index contributed by atoms with van der Waals surface area (Å²) in [5.41, 5.74) is 0.635. The van der Waals surface area contributed by atoms with Gasteiger partial charge in [-0.15, -0.1) is 0 Å². The van der Waals surface area contributed by atoms with E-state index in [9.17, 15) is 4.79 Å². The van der Waals surface area contributed by atoms with Crippen molar-refractivity contribution in [3.8, 4) is 5.88 Å². The Bertz CT molecular complexity index is 605. The van der Waals surface area contributed by atoms with E-state index in [2.05, 4.69) is 14.8 Å². The Morgan fingerprint density at radius 3 is 3.00 bits per heavy atom. The van der Waals surface area contributed by atoms with Gasteiger partial charge in [-0.25, -0.2) is 4.79 Å². The number of hydrogen-bond donors (Lipinski definition) is 1. The number of anilines is 1. The third-order valence-corrected chi connectivity index (χ3v) is 4.49. The molecule has 1 N–H and O–H groups in total. The minimum Gasteiger partial charge on any atom is -0.479 e. The Balaban J connectivity index is 1.49. The van der Waals surface area contributed by atoms with Crippen LogP contribution < -0.4 is 10.1 Å². The van der Waals surface area contributed by atoms with Crippen LogP contribution in [0, 0.1) is 5.92 Å². The average molecular weight is 321 g/mol. The molecule has 1 fully saturated rings. The number of rotatable bonds is 4. The summed E-state index contributed by atoms with van der Waals surface area (Å²) in [5, 5.41) is 8.88. The lowest BCUT2D eigenvalue weighted by Gasteiger charge is -2.31. The molecule has 0 aromatic carbocycles. The molecule has 0 saturated carbocycles. The smallest absolute Gasteiger partial charge is 0.322 e. The number of hydrogen-bond acceptors (Lipinski definition) is 5. The lowest BCUT2D eigenvalue weighted by atomic mass is 9.97. The highest BCUT2D eigenvalue weighted by Gasteiger charge is 2.24. The van der Waals surface area contributed by atoms with Gasteiger partial charge in [0.25, 0.3) is 0 Å². The molecule has 2 amide bonds. The topological polar surface area (TPSA) is 72.3 Å². The van der Waals surface area contributed by atoms with E-state index in [-0.39, 0.29) is 6.03 Å². The van der Waals surface area contributed by atoms with Crippen LogP contribution in [0.5, 0.6) is 5.88 Å². The minimum atomic E-state index is -0.0870. The van der Waals surface area contributed by atoms with Crippen molar-refractivity contribution in [2.75, 3.05) is 25.5 Å². The predicted molar refractivity (Wildman–Crippen MR) is 84.2 cm³/mol. The van der Waals surface area contributed by atoms with Gasteiger partial charge in [-0.1, -0.05) is 0 Å². The standard InChI is InChI=1S/C14H19N5O2S/c1-21-13-12(10-22-17-13)16-14(20)18-7-3-11(4-8-18)9-19-6-2-5-15-19/h2,5-6,10-11H,3-4,7-9H2,1H3,(H,16,20). The van der Waals surface area contributed by atoms with Gasteiger partial charge in [-0.05, 0) is 36.4 Å². The number of carbonyl (C=O) groups is 1. The molecule has 22 heavy (non-hydrogen) atoms. The van der Waals surface area contributed by atoms with Crippen molar-refractivity contribution in [3.05, 3.63) is 23.8 Å². The summed E-state index contributed by atoms with van der Waals surface area (Å²) in [7, 11) is 1.55. The van der Waals surface area contributed by atoms with Crippen LogP contribution in [-0.4, -0.2) is 45.3 Å². The van der Waals surface area contributed by atoms with Gasteiger partial charge < -0.3 is 15.0 Å². The van der Waals surface area contributed by atoms with E-state index >= 15 is 0 Å². The summed E-state index contributed by atoms with van der Waals surface area (Å²) in [6, 6.07) is 1.85. The largest absolute Gasteiger partial charge is 0.479 e. The van der Waals surface area contributed by atoms with Crippen molar-refractivity contribution in [1.29, 1.82) is 0 Å². The van der Waals surface area contributed by atoms with Crippen molar-refractivity contribution in [3.63, 3.8) is 0 Å². The molecule has 118 valence electrons. The van der Waals surface area contributed by atoms with Gasteiger partial charge in [-0.2, -0.15) is 9.47 Å². The first kappa shape index (κ1) is 14.8. The Morgan fingerprint density at radius 2 is 2.32 bits per heavy atom. The van der Waals surface area contributed by atoms with E-state index < -0.39 is 0 Å². The maximum Gasteiger partial charge on any atom is 0.322 e. The number of nitrogens with one attached hydrogen (secondary N) is 1. The lowest BCUT2D eigenvalue weighted by Crippen LogP contribution is -2.41. The van der Waals surface area contributed by atoms with E-state index in [0.29, 0.717) is 17.5 Å². The third-order valence-electron chi connectivity index (χ3n) is 3.88. The molecule has 1 aliphatic rings. The molecule has 0 bridgehead atoms. The van der Waals surface area contributed by atoms with Crippen molar-refractivity contribution < 1.29 is 9.53 Å². The SMILES string of the molecule is COc1nscc1NC(=O)N1CCC(Cn2cccn2)CC1. The summed E-state index contributed by atoms with van der Waals surface area (Å²) >= 11 is 1.26. The second kappa shape index (κ2) is 6.78. The van der Waals surface area contributed by atoms with Gasteiger partial charge in [0.2, 0.25) is 5.88 Å². The number of nitrogens with zero attached hydrogens (tertiary/aromatic N) is 4. The van der Waals surface area contributed by atoms with Gasteiger partial charge in [0.05, 0.1) is 7.11 Å². The molecule has 8 heteroatoms. The number of aromatic nitrogens is 3.